The van der Waals surface area contributed by atoms with Crippen molar-refractivity contribution in [2.75, 3.05) is 13.2 Å². The summed E-state index contributed by atoms with van der Waals surface area (Å²) in [5.41, 5.74) is 1.88. The maximum atomic E-state index is 11.8. The lowest BCUT2D eigenvalue weighted by atomic mass is 10.1. The van der Waals surface area contributed by atoms with E-state index in [4.69, 9.17) is 4.74 Å². The third-order valence-corrected chi connectivity index (χ3v) is 3.84. The van der Waals surface area contributed by atoms with Crippen LogP contribution in [0.4, 0.5) is 0 Å². The predicted molar refractivity (Wildman–Crippen MR) is 66.0 cm³/mol. The third-order valence-electron chi connectivity index (χ3n) is 2.41. The highest BCUT2D eigenvalue weighted by Gasteiger charge is 2.22. The van der Waals surface area contributed by atoms with E-state index in [9.17, 15) is 4.79 Å². The lowest BCUT2D eigenvalue weighted by Gasteiger charge is -2.27. The zero-order chi connectivity index (χ0) is 10.8. The molecule has 1 saturated heterocycles. The Kier molecular flexibility index (Phi) is 3.25. The summed E-state index contributed by atoms with van der Waals surface area (Å²) >= 11 is 2.20. The van der Waals surface area contributed by atoms with E-state index in [1.165, 1.54) is 0 Å². The van der Waals surface area contributed by atoms with Gasteiger partial charge in [-0.25, -0.2) is 0 Å². The van der Waals surface area contributed by atoms with Gasteiger partial charge in [0, 0.05) is 3.57 Å². The predicted octanol–water partition coefficient (Wildman–Crippen LogP) is 1.73. The van der Waals surface area contributed by atoms with E-state index in [0.29, 0.717) is 13.2 Å². The second-order valence-electron chi connectivity index (χ2n) is 3.64. The molecule has 1 amide bonds. The number of rotatable bonds is 2. The highest BCUT2D eigenvalue weighted by molar-refractivity contribution is 14.1. The molecule has 0 bridgehead atoms. The summed E-state index contributed by atoms with van der Waals surface area (Å²) in [7, 11) is 0. The molecule has 2 rings (SSSR count). The monoisotopic (exact) mass is 317 g/mol. The number of nitrogens with one attached hydrogen (secondary N) is 1. The van der Waals surface area contributed by atoms with Crippen LogP contribution in [0.15, 0.2) is 18.2 Å². The Bertz CT molecular complexity index is 388. The maximum Gasteiger partial charge on any atom is 0.252 e. The summed E-state index contributed by atoms with van der Waals surface area (Å²) in [5, 5.41) is 2.93. The lowest BCUT2D eigenvalue weighted by molar-refractivity contribution is -0.00348. The Labute approximate surface area is 102 Å². The van der Waals surface area contributed by atoms with Gasteiger partial charge in [0.2, 0.25) is 0 Å². The van der Waals surface area contributed by atoms with E-state index in [2.05, 4.69) is 27.9 Å². The fraction of sp³-hybridized carbons (Fsp3) is 0.364. The number of carbonyl (C=O) groups excluding carboxylic acids is 1. The molecule has 1 aliphatic rings. The number of ether oxygens (including phenoxy) is 1. The molecule has 4 heteroatoms. The highest BCUT2D eigenvalue weighted by Crippen LogP contribution is 2.17. The Balaban J connectivity index is 2.13. The molecular formula is C11H12INO2. The Morgan fingerprint density at radius 3 is 2.87 bits per heavy atom. The minimum atomic E-state index is -0.00333. The van der Waals surface area contributed by atoms with Gasteiger partial charge in [0.05, 0.1) is 24.8 Å². The van der Waals surface area contributed by atoms with E-state index in [0.717, 1.165) is 14.7 Å². The summed E-state index contributed by atoms with van der Waals surface area (Å²) in [4.78, 5) is 11.8. The van der Waals surface area contributed by atoms with Crippen LogP contribution in [0.2, 0.25) is 0 Å². The molecular weight excluding hydrogens is 305 g/mol. The van der Waals surface area contributed by atoms with Gasteiger partial charge >= 0.3 is 0 Å². The van der Waals surface area contributed by atoms with Crippen molar-refractivity contribution < 1.29 is 9.53 Å². The fourth-order valence-electron chi connectivity index (χ4n) is 1.40. The van der Waals surface area contributed by atoms with E-state index >= 15 is 0 Å². The Morgan fingerprint density at radius 1 is 1.53 bits per heavy atom. The van der Waals surface area contributed by atoms with E-state index in [1.54, 1.807) is 0 Å². The van der Waals surface area contributed by atoms with Crippen LogP contribution in [0, 0.1) is 10.5 Å². The van der Waals surface area contributed by atoms with Crippen LogP contribution in [0.5, 0.6) is 0 Å². The minimum Gasteiger partial charge on any atom is -0.377 e. The second kappa shape index (κ2) is 4.49. The molecule has 1 N–H and O–H groups in total. The van der Waals surface area contributed by atoms with Crippen LogP contribution in [-0.2, 0) is 4.74 Å². The van der Waals surface area contributed by atoms with Gasteiger partial charge in [-0.3, -0.25) is 4.79 Å². The van der Waals surface area contributed by atoms with E-state index in [-0.39, 0.29) is 11.9 Å². The van der Waals surface area contributed by atoms with Gasteiger partial charge in [-0.2, -0.15) is 0 Å². The quantitative estimate of drug-likeness (QED) is 0.844. The molecule has 3 nitrogen and oxygen atoms in total. The third kappa shape index (κ3) is 2.31. The fourth-order valence-corrected chi connectivity index (χ4v) is 2.01. The average Bonchev–Trinajstić information content (AvgIpc) is 2.15. The molecule has 0 aliphatic carbocycles. The minimum absolute atomic E-state index is 0.00333. The summed E-state index contributed by atoms with van der Waals surface area (Å²) in [6.07, 6.45) is 0. The Hall–Kier alpha value is -0.620. The van der Waals surface area contributed by atoms with Crippen LogP contribution in [0.3, 0.4) is 0 Å². The van der Waals surface area contributed by atoms with Gasteiger partial charge in [-0.1, -0.05) is 12.1 Å². The van der Waals surface area contributed by atoms with Crippen molar-refractivity contribution in [3.8, 4) is 0 Å². The average molecular weight is 317 g/mol. The molecule has 0 atom stereocenters. The number of amides is 1. The van der Waals surface area contributed by atoms with Crippen LogP contribution < -0.4 is 5.32 Å². The smallest absolute Gasteiger partial charge is 0.252 e. The lowest BCUT2D eigenvalue weighted by Crippen LogP contribution is -2.48. The number of hydrogen-bond acceptors (Lipinski definition) is 2. The first-order chi connectivity index (χ1) is 7.18. The molecule has 15 heavy (non-hydrogen) atoms. The largest absolute Gasteiger partial charge is 0.377 e. The van der Waals surface area contributed by atoms with Gasteiger partial charge in [-0.05, 0) is 41.1 Å². The summed E-state index contributed by atoms with van der Waals surface area (Å²) < 4.78 is 6.03. The van der Waals surface area contributed by atoms with Crippen molar-refractivity contribution in [3.63, 3.8) is 0 Å². The second-order valence-corrected chi connectivity index (χ2v) is 4.72. The molecule has 80 valence electrons. The Morgan fingerprint density at radius 2 is 2.27 bits per heavy atom. The van der Waals surface area contributed by atoms with E-state index in [1.807, 2.05) is 25.1 Å². The van der Waals surface area contributed by atoms with Crippen molar-refractivity contribution in [2.24, 2.45) is 0 Å². The summed E-state index contributed by atoms with van der Waals surface area (Å²) in [6, 6.07) is 5.95. The summed E-state index contributed by atoms with van der Waals surface area (Å²) in [6.45, 7) is 3.27. The number of hydrogen-bond donors (Lipinski definition) is 1. The van der Waals surface area contributed by atoms with Crippen molar-refractivity contribution in [3.05, 3.63) is 32.9 Å². The SMILES string of the molecule is Cc1cccc(C(=O)NC2COC2)c1I. The van der Waals surface area contributed by atoms with Crippen molar-refractivity contribution in [2.45, 2.75) is 13.0 Å². The molecule has 0 saturated carbocycles. The molecule has 1 fully saturated rings. The van der Waals surface area contributed by atoms with E-state index < -0.39 is 0 Å². The van der Waals surface area contributed by atoms with Crippen LogP contribution >= 0.6 is 22.6 Å². The van der Waals surface area contributed by atoms with Crippen molar-refractivity contribution in [1.82, 2.24) is 5.32 Å². The molecule has 0 aromatic heterocycles. The molecule has 1 aromatic carbocycles. The zero-order valence-corrected chi connectivity index (χ0v) is 10.6. The zero-order valence-electron chi connectivity index (χ0n) is 8.42. The number of aryl methyl sites for hydroxylation is 1. The normalized spacial score (nSPS) is 15.9. The molecule has 0 spiro atoms. The maximum absolute atomic E-state index is 11.8. The van der Waals surface area contributed by atoms with Crippen molar-refractivity contribution >= 4 is 28.5 Å². The number of carbonyl (C=O) groups is 1. The van der Waals surface area contributed by atoms with Crippen molar-refractivity contribution in [1.29, 1.82) is 0 Å². The number of benzene rings is 1. The first kappa shape index (κ1) is 10.9. The first-order valence-corrected chi connectivity index (χ1v) is 5.90. The standard InChI is InChI=1S/C11H12INO2/c1-7-3-2-4-9(10(7)12)11(14)13-8-5-15-6-8/h2-4,8H,5-6H2,1H3,(H,13,14). The molecule has 0 unspecified atom stereocenters. The number of halogens is 1. The molecule has 1 heterocycles. The van der Waals surface area contributed by atoms with Gasteiger partial charge in [0.15, 0.2) is 0 Å². The molecule has 1 aliphatic heterocycles. The summed E-state index contributed by atoms with van der Waals surface area (Å²) in [5.74, 6) is -0.00333. The molecule has 0 radical (unpaired) electrons. The van der Waals surface area contributed by atoms with Crippen LogP contribution in [0.1, 0.15) is 15.9 Å². The van der Waals surface area contributed by atoms with Crippen LogP contribution in [0.25, 0.3) is 0 Å². The van der Waals surface area contributed by atoms with Gasteiger partial charge in [-0.15, -0.1) is 0 Å². The topological polar surface area (TPSA) is 38.3 Å². The molecule has 1 aromatic rings. The van der Waals surface area contributed by atoms with Gasteiger partial charge in [0.25, 0.3) is 5.91 Å². The van der Waals surface area contributed by atoms with Gasteiger partial charge < -0.3 is 10.1 Å². The highest BCUT2D eigenvalue weighted by atomic mass is 127. The van der Waals surface area contributed by atoms with Gasteiger partial charge in [0.1, 0.15) is 0 Å². The van der Waals surface area contributed by atoms with Crippen LogP contribution in [-0.4, -0.2) is 25.2 Å². The first-order valence-electron chi connectivity index (χ1n) is 4.82.